The van der Waals surface area contributed by atoms with Crippen LogP contribution < -0.4 is 4.74 Å². The van der Waals surface area contributed by atoms with E-state index in [-0.39, 0.29) is 12.8 Å². The Morgan fingerprint density at radius 2 is 1.88 bits per heavy atom. The maximum Gasteiger partial charge on any atom is 0.391 e. The molecule has 0 amide bonds. The van der Waals surface area contributed by atoms with Gasteiger partial charge in [-0.15, -0.1) is 0 Å². The van der Waals surface area contributed by atoms with Crippen molar-refractivity contribution in [1.29, 1.82) is 0 Å². The molecule has 0 aliphatic rings. The van der Waals surface area contributed by atoms with E-state index in [1.807, 2.05) is 0 Å². The number of carbonyl (C=O) groups is 1. The fourth-order valence-electron chi connectivity index (χ4n) is 1.17. The Kier molecular flexibility index (Phi) is 4.54. The third-order valence-electron chi connectivity index (χ3n) is 2.32. The molecule has 0 saturated carbocycles. The van der Waals surface area contributed by atoms with Gasteiger partial charge in [-0.05, 0) is 18.6 Å². The molecule has 0 bridgehead atoms. The van der Waals surface area contributed by atoms with Gasteiger partial charge in [-0.3, -0.25) is 4.79 Å². The molecule has 0 radical (unpaired) electrons. The van der Waals surface area contributed by atoms with E-state index in [0.29, 0.717) is 5.75 Å². The molecule has 0 aliphatic heterocycles. The van der Waals surface area contributed by atoms with Gasteiger partial charge in [0, 0.05) is 6.42 Å². The van der Waals surface area contributed by atoms with Gasteiger partial charge >= 0.3 is 12.1 Å². The molecule has 0 aromatic heterocycles. The predicted octanol–water partition coefficient (Wildman–Crippen LogP) is 3.57. The van der Waals surface area contributed by atoms with Gasteiger partial charge in [0.2, 0.25) is 0 Å². The molecule has 1 atom stereocenters. The Bertz CT molecular complexity index is 360. The van der Waals surface area contributed by atoms with E-state index >= 15 is 0 Å². The second-order valence-corrected chi connectivity index (χ2v) is 3.77. The number of rotatable bonds is 4. The molecule has 1 unspecified atom stereocenters. The summed E-state index contributed by atoms with van der Waals surface area (Å²) < 4.78 is 41.4. The molecule has 2 nitrogen and oxygen atoms in total. The molecule has 0 N–H and O–H groups in total. The number of halogens is 3. The largest absolute Gasteiger partial charge is 0.427 e. The van der Waals surface area contributed by atoms with Crippen LogP contribution in [0.3, 0.4) is 0 Å². The summed E-state index contributed by atoms with van der Waals surface area (Å²) in [5.41, 5.74) is 0. The summed E-state index contributed by atoms with van der Waals surface area (Å²) in [5.74, 6) is -1.80. The average Bonchev–Trinajstić information content (AvgIpc) is 2.26. The molecule has 0 heterocycles. The van der Waals surface area contributed by atoms with E-state index in [2.05, 4.69) is 0 Å². The summed E-state index contributed by atoms with van der Waals surface area (Å²) in [6.45, 7) is 1.05. The molecular formula is C12H13F3O2. The SMILES string of the molecule is CC(CCC(=O)Oc1ccccc1)C(F)(F)F. The lowest BCUT2D eigenvalue weighted by atomic mass is 10.1. The molecule has 5 heteroatoms. The standard InChI is InChI=1S/C12H13F3O2/c1-9(12(13,14)15)7-8-11(16)17-10-5-3-2-4-6-10/h2-6,9H,7-8H2,1H3. The minimum absolute atomic E-state index is 0.241. The first-order chi connectivity index (χ1) is 7.89. The maximum atomic E-state index is 12.2. The average molecular weight is 246 g/mol. The number of benzene rings is 1. The number of esters is 1. The van der Waals surface area contributed by atoms with Crippen molar-refractivity contribution < 1.29 is 22.7 Å². The van der Waals surface area contributed by atoms with E-state index in [1.165, 1.54) is 0 Å². The zero-order valence-electron chi connectivity index (χ0n) is 9.33. The van der Waals surface area contributed by atoms with Crippen molar-refractivity contribution in [3.05, 3.63) is 30.3 Å². The molecular weight excluding hydrogens is 233 g/mol. The number of ether oxygens (including phenoxy) is 1. The molecule has 1 rings (SSSR count). The molecule has 1 aromatic rings. The Morgan fingerprint density at radius 3 is 2.41 bits per heavy atom. The van der Waals surface area contributed by atoms with Crippen molar-refractivity contribution in [1.82, 2.24) is 0 Å². The van der Waals surface area contributed by atoms with Crippen LogP contribution in [0.1, 0.15) is 19.8 Å². The first-order valence-electron chi connectivity index (χ1n) is 5.22. The van der Waals surface area contributed by atoms with Crippen molar-refractivity contribution in [3.8, 4) is 5.75 Å². The molecule has 17 heavy (non-hydrogen) atoms. The van der Waals surface area contributed by atoms with Crippen LogP contribution >= 0.6 is 0 Å². The zero-order valence-corrected chi connectivity index (χ0v) is 9.33. The summed E-state index contributed by atoms with van der Waals surface area (Å²) in [5, 5.41) is 0. The van der Waals surface area contributed by atoms with Crippen LogP contribution in [-0.2, 0) is 4.79 Å². The van der Waals surface area contributed by atoms with Crippen LogP contribution in [-0.4, -0.2) is 12.1 Å². The van der Waals surface area contributed by atoms with Crippen LogP contribution in [0.15, 0.2) is 30.3 Å². The van der Waals surface area contributed by atoms with Gasteiger partial charge in [-0.2, -0.15) is 13.2 Å². The fraction of sp³-hybridized carbons (Fsp3) is 0.417. The van der Waals surface area contributed by atoms with Crippen molar-refractivity contribution in [2.45, 2.75) is 25.9 Å². The summed E-state index contributed by atoms with van der Waals surface area (Å²) in [6.07, 6.45) is -4.75. The van der Waals surface area contributed by atoms with E-state index in [4.69, 9.17) is 4.74 Å². The first-order valence-corrected chi connectivity index (χ1v) is 5.22. The predicted molar refractivity (Wildman–Crippen MR) is 56.5 cm³/mol. The van der Waals surface area contributed by atoms with Gasteiger partial charge in [0.1, 0.15) is 5.75 Å². The van der Waals surface area contributed by atoms with Gasteiger partial charge in [0.15, 0.2) is 0 Å². The quantitative estimate of drug-likeness (QED) is 0.599. The van der Waals surface area contributed by atoms with Crippen LogP contribution in [0.2, 0.25) is 0 Å². The highest BCUT2D eigenvalue weighted by atomic mass is 19.4. The number of hydrogen-bond acceptors (Lipinski definition) is 2. The molecule has 0 aliphatic carbocycles. The van der Waals surface area contributed by atoms with E-state index in [0.717, 1.165) is 6.92 Å². The Balaban J connectivity index is 2.36. The lowest BCUT2D eigenvalue weighted by Gasteiger charge is -2.14. The van der Waals surface area contributed by atoms with Gasteiger partial charge in [0.25, 0.3) is 0 Å². The summed E-state index contributed by atoms with van der Waals surface area (Å²) in [7, 11) is 0. The number of alkyl halides is 3. The Labute approximate surface area is 97.4 Å². The van der Waals surface area contributed by atoms with Gasteiger partial charge in [-0.25, -0.2) is 0 Å². The van der Waals surface area contributed by atoms with Crippen molar-refractivity contribution in [3.63, 3.8) is 0 Å². The lowest BCUT2D eigenvalue weighted by molar-refractivity contribution is -0.172. The Morgan fingerprint density at radius 1 is 1.29 bits per heavy atom. The maximum absolute atomic E-state index is 12.2. The highest BCUT2D eigenvalue weighted by Gasteiger charge is 2.35. The molecule has 1 aromatic carbocycles. The number of carbonyl (C=O) groups excluding carboxylic acids is 1. The molecule has 0 spiro atoms. The van der Waals surface area contributed by atoms with Crippen molar-refractivity contribution >= 4 is 5.97 Å². The molecule has 94 valence electrons. The highest BCUT2D eigenvalue weighted by molar-refractivity contribution is 5.72. The summed E-state index contributed by atoms with van der Waals surface area (Å²) in [6, 6.07) is 8.27. The highest BCUT2D eigenvalue weighted by Crippen LogP contribution is 2.29. The van der Waals surface area contributed by atoms with Crippen LogP contribution in [0.25, 0.3) is 0 Å². The monoisotopic (exact) mass is 246 g/mol. The fourth-order valence-corrected chi connectivity index (χ4v) is 1.17. The minimum Gasteiger partial charge on any atom is -0.427 e. The normalized spacial score (nSPS) is 13.2. The first kappa shape index (κ1) is 13.5. The van der Waals surface area contributed by atoms with Gasteiger partial charge < -0.3 is 4.74 Å². The zero-order chi connectivity index (χ0) is 12.9. The third-order valence-corrected chi connectivity index (χ3v) is 2.32. The lowest BCUT2D eigenvalue weighted by Crippen LogP contribution is -2.21. The molecule has 0 fully saturated rings. The third kappa shape index (κ3) is 4.89. The van der Waals surface area contributed by atoms with Gasteiger partial charge in [0.05, 0.1) is 5.92 Å². The number of para-hydroxylation sites is 1. The van der Waals surface area contributed by atoms with Gasteiger partial charge in [-0.1, -0.05) is 25.1 Å². The minimum atomic E-state index is -4.26. The van der Waals surface area contributed by atoms with Crippen LogP contribution in [0, 0.1) is 5.92 Å². The topological polar surface area (TPSA) is 26.3 Å². The van der Waals surface area contributed by atoms with Crippen molar-refractivity contribution in [2.24, 2.45) is 5.92 Å². The van der Waals surface area contributed by atoms with Crippen LogP contribution in [0.5, 0.6) is 5.75 Å². The van der Waals surface area contributed by atoms with E-state index in [9.17, 15) is 18.0 Å². The summed E-state index contributed by atoms with van der Waals surface area (Å²) >= 11 is 0. The Hall–Kier alpha value is -1.52. The van der Waals surface area contributed by atoms with E-state index < -0.39 is 18.1 Å². The van der Waals surface area contributed by atoms with E-state index in [1.54, 1.807) is 30.3 Å². The number of hydrogen-bond donors (Lipinski definition) is 0. The molecule has 0 saturated heterocycles. The second kappa shape index (κ2) is 5.70. The smallest absolute Gasteiger partial charge is 0.391 e. The van der Waals surface area contributed by atoms with Crippen molar-refractivity contribution in [2.75, 3.05) is 0 Å². The second-order valence-electron chi connectivity index (χ2n) is 3.77. The van der Waals surface area contributed by atoms with Crippen LogP contribution in [0.4, 0.5) is 13.2 Å². The summed E-state index contributed by atoms with van der Waals surface area (Å²) in [4.78, 5) is 11.3.